The third-order valence-corrected chi connectivity index (χ3v) is 7.36. The minimum absolute atomic E-state index is 0.165. The van der Waals surface area contributed by atoms with Crippen molar-refractivity contribution in [2.24, 2.45) is 0 Å². The number of fused-ring (bicyclic) bond motifs is 5. The number of anilines is 1. The monoisotopic (exact) mass is 465 g/mol. The Morgan fingerprint density at radius 2 is 1.80 bits per heavy atom. The van der Waals surface area contributed by atoms with Crippen LogP contribution in [0.2, 0.25) is 0 Å². The average Bonchev–Trinajstić information content (AvgIpc) is 3.39. The SMILES string of the molecule is O=c1nc2n(C3CCCC3)c3cc(N4CCNCC4)ccc3n2c2cccc(Br)c12. The molecule has 6 rings (SSSR count). The van der Waals surface area contributed by atoms with E-state index in [1.807, 2.05) is 18.2 Å². The average molecular weight is 466 g/mol. The topological polar surface area (TPSA) is 54.6 Å². The fourth-order valence-electron chi connectivity index (χ4n) is 5.26. The minimum Gasteiger partial charge on any atom is -0.369 e. The van der Waals surface area contributed by atoms with Crippen LogP contribution in [0.15, 0.2) is 45.7 Å². The van der Waals surface area contributed by atoms with E-state index in [0.717, 1.165) is 60.3 Å². The summed E-state index contributed by atoms with van der Waals surface area (Å²) >= 11 is 3.56. The number of halogens is 1. The molecular weight excluding hydrogens is 442 g/mol. The van der Waals surface area contributed by atoms with Gasteiger partial charge in [0.1, 0.15) is 0 Å². The summed E-state index contributed by atoms with van der Waals surface area (Å²) in [5.74, 6) is 0.768. The zero-order chi connectivity index (χ0) is 20.2. The van der Waals surface area contributed by atoms with Crippen molar-refractivity contribution in [3.8, 4) is 0 Å². The molecule has 154 valence electrons. The molecule has 2 aromatic carbocycles. The Labute approximate surface area is 182 Å². The van der Waals surface area contributed by atoms with Crippen molar-refractivity contribution in [1.29, 1.82) is 0 Å². The maximum atomic E-state index is 13.0. The molecule has 1 N–H and O–H groups in total. The minimum atomic E-state index is -0.165. The Balaban J connectivity index is 1.71. The van der Waals surface area contributed by atoms with Gasteiger partial charge in [0.2, 0.25) is 5.78 Å². The van der Waals surface area contributed by atoms with E-state index in [-0.39, 0.29) is 5.56 Å². The van der Waals surface area contributed by atoms with E-state index in [1.54, 1.807) is 0 Å². The smallest absolute Gasteiger partial charge is 0.283 e. The van der Waals surface area contributed by atoms with E-state index >= 15 is 0 Å². The standard InChI is InChI=1S/C23H24BrN5O/c24-17-6-3-7-19-21(17)22(30)26-23-28(15-4-1-2-5-15)20-14-16(8-9-18(20)29(19)23)27-12-10-25-11-13-27/h3,6-9,14-15,25H,1-2,4-5,10-13H2. The van der Waals surface area contributed by atoms with Crippen molar-refractivity contribution in [2.75, 3.05) is 31.1 Å². The zero-order valence-electron chi connectivity index (χ0n) is 16.8. The molecular formula is C23H24BrN5O. The van der Waals surface area contributed by atoms with Crippen LogP contribution in [0.3, 0.4) is 0 Å². The molecule has 30 heavy (non-hydrogen) atoms. The predicted molar refractivity (Wildman–Crippen MR) is 125 cm³/mol. The number of aromatic nitrogens is 3. The van der Waals surface area contributed by atoms with Crippen LogP contribution in [-0.4, -0.2) is 40.1 Å². The number of hydrogen-bond donors (Lipinski definition) is 1. The van der Waals surface area contributed by atoms with Crippen molar-refractivity contribution in [2.45, 2.75) is 31.7 Å². The van der Waals surface area contributed by atoms with Gasteiger partial charge in [0.25, 0.3) is 5.56 Å². The van der Waals surface area contributed by atoms with Crippen LogP contribution in [-0.2, 0) is 0 Å². The van der Waals surface area contributed by atoms with Gasteiger partial charge in [-0.25, -0.2) is 0 Å². The molecule has 7 heteroatoms. The first kappa shape index (κ1) is 18.4. The Kier molecular flexibility index (Phi) is 4.35. The number of nitrogens with one attached hydrogen (secondary N) is 1. The molecule has 2 fully saturated rings. The van der Waals surface area contributed by atoms with Gasteiger partial charge in [-0.2, -0.15) is 4.98 Å². The molecule has 2 aliphatic rings. The van der Waals surface area contributed by atoms with Crippen molar-refractivity contribution in [3.05, 3.63) is 51.2 Å². The lowest BCUT2D eigenvalue weighted by Gasteiger charge is -2.29. The van der Waals surface area contributed by atoms with Crippen molar-refractivity contribution in [3.63, 3.8) is 0 Å². The quantitative estimate of drug-likeness (QED) is 0.484. The summed E-state index contributed by atoms with van der Waals surface area (Å²) in [6.07, 6.45) is 4.75. The van der Waals surface area contributed by atoms with E-state index in [1.165, 1.54) is 24.0 Å². The summed E-state index contributed by atoms with van der Waals surface area (Å²) in [6, 6.07) is 13.1. The second kappa shape index (κ2) is 7.10. The molecule has 6 nitrogen and oxygen atoms in total. The van der Waals surface area contributed by atoms with Crippen molar-refractivity contribution >= 4 is 49.3 Å². The molecule has 0 atom stereocenters. The summed E-state index contributed by atoms with van der Waals surface area (Å²) in [4.78, 5) is 20.0. The van der Waals surface area contributed by atoms with E-state index in [2.05, 4.69) is 58.3 Å². The van der Waals surface area contributed by atoms with Gasteiger partial charge in [-0.3, -0.25) is 9.20 Å². The summed E-state index contributed by atoms with van der Waals surface area (Å²) in [5.41, 5.74) is 4.29. The predicted octanol–water partition coefficient (Wildman–Crippen LogP) is 4.09. The summed E-state index contributed by atoms with van der Waals surface area (Å²) in [7, 11) is 0. The van der Waals surface area contributed by atoms with E-state index in [9.17, 15) is 4.79 Å². The highest BCUT2D eigenvalue weighted by molar-refractivity contribution is 9.10. The van der Waals surface area contributed by atoms with Crippen molar-refractivity contribution < 1.29 is 0 Å². The molecule has 3 heterocycles. The maximum absolute atomic E-state index is 13.0. The van der Waals surface area contributed by atoms with Gasteiger partial charge in [0.15, 0.2) is 0 Å². The van der Waals surface area contributed by atoms with Crippen LogP contribution in [0.5, 0.6) is 0 Å². The molecule has 2 aromatic heterocycles. The fourth-order valence-corrected chi connectivity index (χ4v) is 5.78. The molecule has 1 saturated carbocycles. The number of rotatable bonds is 2. The Morgan fingerprint density at radius 1 is 1.00 bits per heavy atom. The number of nitrogens with zero attached hydrogens (tertiary/aromatic N) is 4. The van der Waals surface area contributed by atoms with Gasteiger partial charge in [0, 0.05) is 42.4 Å². The van der Waals surface area contributed by atoms with Crippen LogP contribution in [0.25, 0.3) is 27.7 Å². The summed E-state index contributed by atoms with van der Waals surface area (Å²) in [5, 5.41) is 4.08. The lowest BCUT2D eigenvalue weighted by atomic mass is 10.2. The molecule has 0 spiro atoms. The van der Waals surface area contributed by atoms with Crippen molar-refractivity contribution in [1.82, 2.24) is 19.3 Å². The molecule has 0 unspecified atom stereocenters. The van der Waals surface area contributed by atoms with E-state index in [0.29, 0.717) is 11.4 Å². The Bertz CT molecular complexity index is 1330. The highest BCUT2D eigenvalue weighted by Crippen LogP contribution is 2.37. The van der Waals surface area contributed by atoms with Crippen LogP contribution in [0.1, 0.15) is 31.7 Å². The first-order valence-corrected chi connectivity index (χ1v) is 11.6. The highest BCUT2D eigenvalue weighted by atomic mass is 79.9. The third kappa shape index (κ3) is 2.72. The van der Waals surface area contributed by atoms with Gasteiger partial charge in [-0.1, -0.05) is 18.9 Å². The number of piperazine rings is 1. The number of hydrogen-bond acceptors (Lipinski definition) is 4. The number of imidazole rings is 1. The highest BCUT2D eigenvalue weighted by Gasteiger charge is 2.25. The molecule has 1 saturated heterocycles. The van der Waals surface area contributed by atoms with Gasteiger partial charge >= 0.3 is 0 Å². The third-order valence-electron chi connectivity index (χ3n) is 6.69. The Morgan fingerprint density at radius 3 is 2.60 bits per heavy atom. The van der Waals surface area contributed by atoms with Crippen LogP contribution in [0.4, 0.5) is 5.69 Å². The molecule has 0 amide bonds. The largest absolute Gasteiger partial charge is 0.369 e. The maximum Gasteiger partial charge on any atom is 0.283 e. The number of benzene rings is 2. The molecule has 0 bridgehead atoms. The second-order valence-corrected chi connectivity index (χ2v) is 9.26. The lowest BCUT2D eigenvalue weighted by molar-refractivity contribution is 0.543. The fraction of sp³-hybridized carbons (Fsp3) is 0.391. The second-order valence-electron chi connectivity index (χ2n) is 8.40. The first-order valence-electron chi connectivity index (χ1n) is 10.8. The summed E-state index contributed by atoms with van der Waals surface area (Å²) < 4.78 is 5.32. The van der Waals surface area contributed by atoms with Crippen LogP contribution < -0.4 is 15.8 Å². The zero-order valence-corrected chi connectivity index (χ0v) is 18.4. The molecule has 4 aromatic rings. The van der Waals surface area contributed by atoms with Gasteiger partial charge < -0.3 is 14.8 Å². The normalized spacial score (nSPS) is 18.2. The van der Waals surface area contributed by atoms with E-state index in [4.69, 9.17) is 0 Å². The molecule has 1 aliphatic heterocycles. The van der Waals surface area contributed by atoms with E-state index < -0.39 is 0 Å². The van der Waals surface area contributed by atoms with Crippen LogP contribution >= 0.6 is 15.9 Å². The first-order chi connectivity index (χ1) is 14.7. The molecule has 1 aliphatic carbocycles. The van der Waals surface area contributed by atoms with Crippen LogP contribution in [0, 0.1) is 0 Å². The Hall–Kier alpha value is -2.38. The molecule has 0 radical (unpaired) electrons. The van der Waals surface area contributed by atoms with Gasteiger partial charge in [-0.15, -0.1) is 0 Å². The van der Waals surface area contributed by atoms with Gasteiger partial charge in [-0.05, 0) is 59.1 Å². The summed E-state index contributed by atoms with van der Waals surface area (Å²) in [6.45, 7) is 4.05. The lowest BCUT2D eigenvalue weighted by Crippen LogP contribution is -2.43. The van der Waals surface area contributed by atoms with Gasteiger partial charge in [0.05, 0.1) is 21.9 Å².